The van der Waals surface area contributed by atoms with Gasteiger partial charge in [-0.1, -0.05) is 19.8 Å². The lowest BCUT2D eigenvalue weighted by Crippen LogP contribution is -2.20. The maximum Gasteiger partial charge on any atom is 0.0833 e. The normalized spacial score (nSPS) is 26.3. The molecule has 3 heteroatoms. The second-order valence-electron chi connectivity index (χ2n) is 5.55. The lowest BCUT2D eigenvalue weighted by molar-refractivity contribution is 0.0713. The third-order valence-corrected chi connectivity index (χ3v) is 4.94. The molecule has 18 heavy (non-hydrogen) atoms. The van der Waals surface area contributed by atoms with Crippen molar-refractivity contribution in [2.45, 2.75) is 38.7 Å². The number of rotatable bonds is 2. The number of fused-ring (bicyclic) bond motifs is 1. The monoisotopic (exact) mass is 261 g/mol. The van der Waals surface area contributed by atoms with Crippen LogP contribution in [-0.2, 0) is 0 Å². The number of pyridine rings is 1. The summed E-state index contributed by atoms with van der Waals surface area (Å²) in [6.45, 7) is 2.29. The van der Waals surface area contributed by atoms with Crippen molar-refractivity contribution in [3.63, 3.8) is 0 Å². The maximum atomic E-state index is 10.5. The molecule has 1 fully saturated rings. The van der Waals surface area contributed by atoms with Crippen molar-refractivity contribution >= 4 is 21.6 Å². The van der Waals surface area contributed by atoms with Crippen molar-refractivity contribution in [3.05, 3.63) is 29.3 Å². The Labute approximate surface area is 112 Å². The van der Waals surface area contributed by atoms with Gasteiger partial charge in [0.1, 0.15) is 0 Å². The van der Waals surface area contributed by atoms with Gasteiger partial charge in [0.25, 0.3) is 0 Å². The topological polar surface area (TPSA) is 33.1 Å². The first-order chi connectivity index (χ1) is 8.74. The number of aromatic nitrogens is 1. The Kier molecular flexibility index (Phi) is 3.35. The zero-order chi connectivity index (χ0) is 12.5. The summed E-state index contributed by atoms with van der Waals surface area (Å²) in [5, 5.41) is 12.6. The van der Waals surface area contributed by atoms with Crippen molar-refractivity contribution < 1.29 is 5.11 Å². The van der Waals surface area contributed by atoms with Crippen LogP contribution < -0.4 is 0 Å². The summed E-state index contributed by atoms with van der Waals surface area (Å²) in [6, 6.07) is 4.13. The van der Waals surface area contributed by atoms with Crippen molar-refractivity contribution in [2.24, 2.45) is 11.8 Å². The second kappa shape index (κ2) is 4.98. The van der Waals surface area contributed by atoms with Gasteiger partial charge in [0, 0.05) is 11.8 Å². The molecular formula is C15H19NOS. The molecule has 0 radical (unpaired) electrons. The Morgan fingerprint density at radius 3 is 3.17 bits per heavy atom. The Balaban J connectivity index is 1.83. The third kappa shape index (κ3) is 2.29. The molecule has 1 N–H and O–H groups in total. The molecule has 0 aromatic carbocycles. The van der Waals surface area contributed by atoms with E-state index in [2.05, 4.69) is 23.4 Å². The summed E-state index contributed by atoms with van der Waals surface area (Å²) < 4.78 is 1.18. The SMILES string of the molecule is CC1CCCC(C(O)c2cnc3ccsc3c2)C1. The second-order valence-corrected chi connectivity index (χ2v) is 6.50. The van der Waals surface area contributed by atoms with E-state index in [0.29, 0.717) is 5.92 Å². The van der Waals surface area contributed by atoms with E-state index in [0.717, 1.165) is 29.8 Å². The molecule has 96 valence electrons. The molecule has 1 saturated carbocycles. The molecule has 2 heterocycles. The number of hydrogen-bond donors (Lipinski definition) is 1. The van der Waals surface area contributed by atoms with Gasteiger partial charge in [0.2, 0.25) is 0 Å². The van der Waals surface area contributed by atoms with Crippen LogP contribution in [0.4, 0.5) is 0 Å². The fourth-order valence-electron chi connectivity index (χ4n) is 3.06. The Bertz CT molecular complexity index is 536. The summed E-state index contributed by atoms with van der Waals surface area (Å²) in [5.41, 5.74) is 2.03. The van der Waals surface area contributed by atoms with Crippen LogP contribution in [-0.4, -0.2) is 10.1 Å². The number of thiophene rings is 1. The number of hydrogen-bond acceptors (Lipinski definition) is 3. The van der Waals surface area contributed by atoms with Crippen LogP contribution in [0.2, 0.25) is 0 Å². The van der Waals surface area contributed by atoms with Gasteiger partial charge in [0.15, 0.2) is 0 Å². The molecule has 0 saturated heterocycles. The predicted octanol–water partition coefficient (Wildman–Crippen LogP) is 4.16. The smallest absolute Gasteiger partial charge is 0.0833 e. The Morgan fingerprint density at radius 2 is 2.33 bits per heavy atom. The van der Waals surface area contributed by atoms with Crippen molar-refractivity contribution in [2.75, 3.05) is 0 Å². The minimum atomic E-state index is -0.341. The van der Waals surface area contributed by atoms with E-state index in [4.69, 9.17) is 0 Å². The van der Waals surface area contributed by atoms with E-state index in [1.165, 1.54) is 17.5 Å². The molecule has 1 aliphatic carbocycles. The summed E-state index contributed by atoms with van der Waals surface area (Å²) in [6.07, 6.45) is 6.35. The highest BCUT2D eigenvalue weighted by molar-refractivity contribution is 7.17. The van der Waals surface area contributed by atoms with Gasteiger partial charge in [0.05, 0.1) is 16.3 Å². The zero-order valence-electron chi connectivity index (χ0n) is 10.7. The maximum absolute atomic E-state index is 10.5. The summed E-state index contributed by atoms with van der Waals surface area (Å²) in [4.78, 5) is 4.43. The molecule has 0 bridgehead atoms. The van der Waals surface area contributed by atoms with Crippen LogP contribution in [0.5, 0.6) is 0 Å². The van der Waals surface area contributed by atoms with Crippen molar-refractivity contribution in [1.29, 1.82) is 0 Å². The minimum absolute atomic E-state index is 0.341. The van der Waals surface area contributed by atoms with Crippen LogP contribution in [0.1, 0.15) is 44.3 Å². The average Bonchev–Trinajstić information content (AvgIpc) is 2.85. The quantitative estimate of drug-likeness (QED) is 0.880. The third-order valence-electron chi connectivity index (χ3n) is 4.09. The molecule has 3 rings (SSSR count). The highest BCUT2D eigenvalue weighted by Gasteiger charge is 2.26. The van der Waals surface area contributed by atoms with Crippen molar-refractivity contribution in [3.8, 4) is 0 Å². The van der Waals surface area contributed by atoms with Gasteiger partial charge >= 0.3 is 0 Å². The molecule has 3 unspecified atom stereocenters. The molecule has 0 amide bonds. The first kappa shape index (κ1) is 12.1. The zero-order valence-corrected chi connectivity index (χ0v) is 11.5. The molecule has 2 nitrogen and oxygen atoms in total. The first-order valence-corrected chi connectivity index (χ1v) is 7.63. The number of aliphatic hydroxyl groups is 1. The van der Waals surface area contributed by atoms with Crippen LogP contribution in [0, 0.1) is 11.8 Å². The van der Waals surface area contributed by atoms with E-state index in [1.54, 1.807) is 11.3 Å². The van der Waals surface area contributed by atoms with Gasteiger partial charge < -0.3 is 5.11 Å². The molecule has 1 aliphatic rings. The van der Waals surface area contributed by atoms with Crippen molar-refractivity contribution in [1.82, 2.24) is 4.98 Å². The molecule has 2 aromatic heterocycles. The first-order valence-electron chi connectivity index (χ1n) is 6.75. The molecule has 0 aliphatic heterocycles. The summed E-state index contributed by atoms with van der Waals surface area (Å²) >= 11 is 1.69. The molecule has 3 atom stereocenters. The van der Waals surface area contributed by atoms with E-state index >= 15 is 0 Å². The summed E-state index contributed by atoms with van der Waals surface area (Å²) in [7, 11) is 0. The van der Waals surface area contributed by atoms with Gasteiger partial charge in [-0.3, -0.25) is 4.98 Å². The number of aliphatic hydroxyl groups excluding tert-OH is 1. The van der Waals surface area contributed by atoms with E-state index in [-0.39, 0.29) is 6.10 Å². The summed E-state index contributed by atoms with van der Waals surface area (Å²) in [5.74, 6) is 1.16. The standard InChI is InChI=1S/C15H19NOS/c1-10-3-2-4-11(7-10)15(17)12-8-14-13(16-9-12)5-6-18-14/h5-6,8-11,15,17H,2-4,7H2,1H3. The van der Waals surface area contributed by atoms with Gasteiger partial charge in [-0.25, -0.2) is 0 Å². The van der Waals surface area contributed by atoms with Crippen LogP contribution >= 0.6 is 11.3 Å². The lowest BCUT2D eigenvalue weighted by atomic mass is 9.78. The van der Waals surface area contributed by atoms with Crippen LogP contribution in [0.15, 0.2) is 23.7 Å². The predicted molar refractivity (Wildman–Crippen MR) is 75.7 cm³/mol. The largest absolute Gasteiger partial charge is 0.388 e. The fourth-order valence-corrected chi connectivity index (χ4v) is 3.85. The highest BCUT2D eigenvalue weighted by Crippen LogP contribution is 2.37. The molecule has 0 spiro atoms. The van der Waals surface area contributed by atoms with E-state index in [1.807, 2.05) is 12.3 Å². The van der Waals surface area contributed by atoms with E-state index in [9.17, 15) is 5.11 Å². The Morgan fingerprint density at radius 1 is 1.44 bits per heavy atom. The van der Waals surface area contributed by atoms with E-state index < -0.39 is 0 Å². The Hall–Kier alpha value is -0.930. The van der Waals surface area contributed by atoms with Gasteiger partial charge in [-0.2, -0.15) is 0 Å². The highest BCUT2D eigenvalue weighted by atomic mass is 32.1. The van der Waals surface area contributed by atoms with Crippen LogP contribution in [0.25, 0.3) is 10.2 Å². The molecular weight excluding hydrogens is 242 g/mol. The van der Waals surface area contributed by atoms with Crippen LogP contribution in [0.3, 0.4) is 0 Å². The van der Waals surface area contributed by atoms with Gasteiger partial charge in [-0.05, 0) is 42.2 Å². The molecule has 2 aromatic rings. The number of nitrogens with zero attached hydrogens (tertiary/aromatic N) is 1. The average molecular weight is 261 g/mol. The minimum Gasteiger partial charge on any atom is -0.388 e. The lowest BCUT2D eigenvalue weighted by Gasteiger charge is -2.30. The fraction of sp³-hybridized carbons (Fsp3) is 0.533. The van der Waals surface area contributed by atoms with Gasteiger partial charge in [-0.15, -0.1) is 11.3 Å².